The number of esters is 1. The van der Waals surface area contributed by atoms with Crippen LogP contribution in [0.25, 0.3) is 10.9 Å². The van der Waals surface area contributed by atoms with Crippen LogP contribution in [0.3, 0.4) is 0 Å². The zero-order valence-electron chi connectivity index (χ0n) is 10.1. The number of fused-ring (bicyclic) bond motifs is 1. The van der Waals surface area contributed by atoms with Crippen LogP contribution in [-0.2, 0) is 9.53 Å². The Morgan fingerprint density at radius 3 is 3.00 bits per heavy atom. The van der Waals surface area contributed by atoms with Crippen molar-refractivity contribution in [1.82, 2.24) is 4.98 Å². The largest absolute Gasteiger partial charge is 0.469 e. The Balaban J connectivity index is 2.06. The molecule has 94 valence electrons. The number of nitrogens with one attached hydrogen (secondary N) is 1. The molecule has 0 aliphatic carbocycles. The van der Waals surface area contributed by atoms with Gasteiger partial charge >= 0.3 is 5.97 Å². The third-order valence-corrected chi connectivity index (χ3v) is 2.58. The van der Waals surface area contributed by atoms with Crippen LogP contribution >= 0.6 is 0 Å². The molecular weight excluding hydrogens is 230 g/mol. The lowest BCUT2D eigenvalue weighted by atomic mass is 10.2. The Morgan fingerprint density at radius 1 is 1.39 bits per heavy atom. The third kappa shape index (κ3) is 2.88. The number of ether oxygens (including phenoxy) is 1. The van der Waals surface area contributed by atoms with Gasteiger partial charge in [-0.15, -0.1) is 0 Å². The predicted molar refractivity (Wildman–Crippen MR) is 71.3 cm³/mol. The average Bonchev–Trinajstić information content (AvgIpc) is 2.38. The van der Waals surface area contributed by atoms with Crippen LogP contribution in [0.5, 0.6) is 0 Å². The van der Waals surface area contributed by atoms with Gasteiger partial charge in [0.05, 0.1) is 19.0 Å². The van der Waals surface area contributed by atoms with Gasteiger partial charge in [0.1, 0.15) is 5.82 Å². The van der Waals surface area contributed by atoms with E-state index in [1.54, 1.807) is 0 Å². The van der Waals surface area contributed by atoms with Crippen LogP contribution in [-0.4, -0.2) is 24.6 Å². The summed E-state index contributed by atoms with van der Waals surface area (Å²) in [5.74, 6) is 0.493. The number of methoxy groups -OCH3 is 1. The number of nitrogens with zero attached hydrogens (tertiary/aromatic N) is 1. The van der Waals surface area contributed by atoms with Crippen molar-refractivity contribution in [2.75, 3.05) is 24.7 Å². The SMILES string of the molecule is COC(=O)CCNc1ccc2cc(N)ccc2n1. The van der Waals surface area contributed by atoms with Crippen molar-refractivity contribution in [1.29, 1.82) is 0 Å². The second-order valence-corrected chi connectivity index (χ2v) is 3.90. The quantitative estimate of drug-likeness (QED) is 0.634. The molecule has 0 aliphatic heterocycles. The monoisotopic (exact) mass is 245 g/mol. The number of nitrogens with two attached hydrogens (primary N) is 1. The maximum Gasteiger partial charge on any atom is 0.307 e. The molecule has 3 N–H and O–H groups in total. The number of rotatable bonds is 4. The summed E-state index contributed by atoms with van der Waals surface area (Å²) >= 11 is 0. The zero-order chi connectivity index (χ0) is 13.0. The highest BCUT2D eigenvalue weighted by Gasteiger charge is 2.01. The molecule has 18 heavy (non-hydrogen) atoms. The smallest absolute Gasteiger partial charge is 0.307 e. The van der Waals surface area contributed by atoms with Crippen molar-refractivity contribution in [3.8, 4) is 0 Å². The molecule has 0 amide bonds. The Labute approximate surface area is 105 Å². The van der Waals surface area contributed by atoms with Crippen LogP contribution in [0.1, 0.15) is 6.42 Å². The highest BCUT2D eigenvalue weighted by atomic mass is 16.5. The van der Waals surface area contributed by atoms with Gasteiger partial charge in [0.25, 0.3) is 0 Å². The summed E-state index contributed by atoms with van der Waals surface area (Å²) in [5, 5.41) is 4.07. The minimum absolute atomic E-state index is 0.240. The minimum Gasteiger partial charge on any atom is -0.469 e. The van der Waals surface area contributed by atoms with E-state index in [4.69, 9.17) is 5.73 Å². The van der Waals surface area contributed by atoms with Gasteiger partial charge in [-0.2, -0.15) is 0 Å². The van der Waals surface area contributed by atoms with Gasteiger partial charge in [-0.1, -0.05) is 0 Å². The Morgan fingerprint density at radius 2 is 2.22 bits per heavy atom. The molecule has 0 atom stereocenters. The average molecular weight is 245 g/mol. The second kappa shape index (κ2) is 5.35. The number of aromatic nitrogens is 1. The van der Waals surface area contributed by atoms with Crippen molar-refractivity contribution in [3.63, 3.8) is 0 Å². The molecule has 1 heterocycles. The second-order valence-electron chi connectivity index (χ2n) is 3.90. The molecule has 0 spiro atoms. The van der Waals surface area contributed by atoms with Gasteiger partial charge in [-0.3, -0.25) is 4.79 Å². The van der Waals surface area contributed by atoms with Crippen LogP contribution in [0.15, 0.2) is 30.3 Å². The van der Waals surface area contributed by atoms with E-state index in [-0.39, 0.29) is 5.97 Å². The van der Waals surface area contributed by atoms with Crippen LogP contribution in [0.2, 0.25) is 0 Å². The lowest BCUT2D eigenvalue weighted by molar-refractivity contribution is -0.140. The molecule has 0 fully saturated rings. The molecular formula is C13H15N3O2. The summed E-state index contributed by atoms with van der Waals surface area (Å²) in [4.78, 5) is 15.4. The number of hydrogen-bond donors (Lipinski definition) is 2. The zero-order valence-corrected chi connectivity index (χ0v) is 10.1. The highest BCUT2D eigenvalue weighted by molar-refractivity contribution is 5.83. The fourth-order valence-corrected chi connectivity index (χ4v) is 1.64. The number of hydrogen-bond acceptors (Lipinski definition) is 5. The molecule has 0 unspecified atom stereocenters. The molecule has 1 aromatic heterocycles. The fourth-order valence-electron chi connectivity index (χ4n) is 1.64. The number of pyridine rings is 1. The molecule has 0 saturated carbocycles. The first kappa shape index (κ1) is 12.2. The van der Waals surface area contributed by atoms with Crippen LogP contribution < -0.4 is 11.1 Å². The van der Waals surface area contributed by atoms with Gasteiger partial charge in [-0.05, 0) is 30.3 Å². The van der Waals surface area contributed by atoms with Gasteiger partial charge in [0.2, 0.25) is 0 Å². The lowest BCUT2D eigenvalue weighted by Crippen LogP contribution is -2.10. The fraction of sp³-hybridized carbons (Fsp3) is 0.231. The van der Waals surface area contributed by atoms with E-state index in [9.17, 15) is 4.79 Å². The van der Waals surface area contributed by atoms with E-state index in [2.05, 4.69) is 15.0 Å². The third-order valence-electron chi connectivity index (χ3n) is 2.58. The molecule has 0 saturated heterocycles. The van der Waals surface area contributed by atoms with E-state index < -0.39 is 0 Å². The molecule has 0 aliphatic rings. The number of benzene rings is 1. The number of carbonyl (C=O) groups is 1. The van der Waals surface area contributed by atoms with Crippen molar-refractivity contribution in [2.24, 2.45) is 0 Å². The summed E-state index contributed by atoms with van der Waals surface area (Å²) in [5.41, 5.74) is 7.28. The molecule has 0 bridgehead atoms. The summed E-state index contributed by atoms with van der Waals surface area (Å²) < 4.78 is 4.56. The van der Waals surface area contributed by atoms with Crippen LogP contribution in [0.4, 0.5) is 11.5 Å². The van der Waals surface area contributed by atoms with Crippen LogP contribution in [0, 0.1) is 0 Å². The molecule has 1 aromatic carbocycles. The number of carbonyl (C=O) groups excluding carboxylic acids is 1. The molecule has 5 nitrogen and oxygen atoms in total. The first-order valence-corrected chi connectivity index (χ1v) is 5.66. The summed E-state index contributed by atoms with van der Waals surface area (Å²) in [7, 11) is 1.38. The van der Waals surface area contributed by atoms with E-state index in [1.807, 2.05) is 30.3 Å². The van der Waals surface area contributed by atoms with Crippen molar-refractivity contribution >= 4 is 28.4 Å². The molecule has 2 aromatic rings. The summed E-state index contributed by atoms with van der Waals surface area (Å²) in [6.07, 6.45) is 0.317. The van der Waals surface area contributed by atoms with Crippen molar-refractivity contribution in [2.45, 2.75) is 6.42 Å². The number of nitrogen functional groups attached to an aromatic ring is 1. The Hall–Kier alpha value is -2.30. The van der Waals surface area contributed by atoms with E-state index in [0.29, 0.717) is 13.0 Å². The van der Waals surface area contributed by atoms with Gasteiger partial charge < -0.3 is 15.8 Å². The Kier molecular flexibility index (Phi) is 3.62. The highest BCUT2D eigenvalue weighted by Crippen LogP contribution is 2.17. The first-order valence-electron chi connectivity index (χ1n) is 5.66. The Bertz CT molecular complexity index is 569. The van der Waals surface area contributed by atoms with Gasteiger partial charge in [0.15, 0.2) is 0 Å². The van der Waals surface area contributed by atoms with Gasteiger partial charge in [0, 0.05) is 17.6 Å². The maximum absolute atomic E-state index is 11.0. The number of anilines is 2. The maximum atomic E-state index is 11.0. The van der Waals surface area contributed by atoms with Crippen molar-refractivity contribution in [3.05, 3.63) is 30.3 Å². The standard InChI is InChI=1S/C13H15N3O2/c1-18-13(17)6-7-15-12-5-2-9-8-10(14)3-4-11(9)16-12/h2-5,8H,6-7,14H2,1H3,(H,15,16). The topological polar surface area (TPSA) is 77.2 Å². The van der Waals surface area contributed by atoms with E-state index in [0.717, 1.165) is 22.4 Å². The van der Waals surface area contributed by atoms with Gasteiger partial charge in [-0.25, -0.2) is 4.98 Å². The minimum atomic E-state index is -0.240. The predicted octanol–water partition coefficient (Wildman–Crippen LogP) is 1.79. The first-order chi connectivity index (χ1) is 8.69. The van der Waals surface area contributed by atoms with Crippen molar-refractivity contribution < 1.29 is 9.53 Å². The summed E-state index contributed by atoms with van der Waals surface area (Å²) in [6.45, 7) is 0.500. The molecule has 5 heteroatoms. The molecule has 0 radical (unpaired) electrons. The molecule has 2 rings (SSSR count). The normalized spacial score (nSPS) is 10.3. The van der Waals surface area contributed by atoms with E-state index in [1.165, 1.54) is 7.11 Å². The summed E-state index contributed by atoms with van der Waals surface area (Å²) in [6, 6.07) is 9.36. The lowest BCUT2D eigenvalue weighted by Gasteiger charge is -2.06. The van der Waals surface area contributed by atoms with E-state index >= 15 is 0 Å².